The first-order valence-electron chi connectivity index (χ1n) is 4.95. The molecule has 2 aromatic rings. The maximum atomic E-state index is 12.6. The number of rotatable bonds is 3. The van der Waals surface area contributed by atoms with Crippen LogP contribution in [0, 0.1) is 11.9 Å². The summed E-state index contributed by atoms with van der Waals surface area (Å²) in [7, 11) is 0. The molecule has 2 rings (SSSR count). The van der Waals surface area contributed by atoms with Gasteiger partial charge in [0.25, 0.3) is 0 Å². The van der Waals surface area contributed by atoms with Crippen molar-refractivity contribution in [3.63, 3.8) is 0 Å². The Bertz CT molecular complexity index is 419. The van der Waals surface area contributed by atoms with Crippen molar-refractivity contribution in [1.82, 2.24) is 0 Å². The van der Waals surface area contributed by atoms with E-state index in [0.717, 1.165) is 5.56 Å². The summed E-state index contributed by atoms with van der Waals surface area (Å²) in [6, 6.07) is 16.6. The number of halogens is 2. The molecular weight excluding hydrogens is 336 g/mol. The molecule has 1 nitrogen and oxygen atoms in total. The third-order valence-electron chi connectivity index (χ3n) is 1.99. The molecule has 0 bridgehead atoms. The molecule has 0 atom stereocenters. The Morgan fingerprint density at radius 1 is 1.12 bits per heavy atom. The van der Waals surface area contributed by atoms with Crippen molar-refractivity contribution in [3.8, 4) is 5.75 Å². The van der Waals surface area contributed by atoms with E-state index in [-0.39, 0.29) is 5.82 Å². The molecule has 0 N–H and O–H groups in total. The van der Waals surface area contributed by atoms with Gasteiger partial charge in [0, 0.05) is 5.75 Å². The molecule has 0 amide bonds. The zero-order valence-electron chi connectivity index (χ0n) is 9.20. The normalized spacial score (nSPS) is 9.18. The molecule has 0 radical (unpaired) electrons. The van der Waals surface area contributed by atoms with E-state index in [0.29, 0.717) is 12.4 Å². The van der Waals surface area contributed by atoms with Crippen LogP contribution in [0.25, 0.3) is 0 Å². The van der Waals surface area contributed by atoms with Crippen molar-refractivity contribution in [2.45, 2.75) is 6.61 Å². The fourth-order valence-corrected chi connectivity index (χ4v) is 1.21. The molecule has 0 heterocycles. The van der Waals surface area contributed by atoms with Crippen molar-refractivity contribution in [2.24, 2.45) is 0 Å². The SMILES string of the molecule is Fc1ccc(COc2[c-]cccc2)cc1.[Zn+][Br]. The van der Waals surface area contributed by atoms with E-state index in [2.05, 4.69) is 19.7 Å². The summed E-state index contributed by atoms with van der Waals surface area (Å²) in [4.78, 5) is 0. The van der Waals surface area contributed by atoms with Crippen LogP contribution in [0.15, 0.2) is 48.5 Å². The van der Waals surface area contributed by atoms with Gasteiger partial charge in [0.1, 0.15) is 12.4 Å². The number of hydrogen-bond acceptors (Lipinski definition) is 1. The van der Waals surface area contributed by atoms with Crippen molar-refractivity contribution < 1.29 is 25.5 Å². The summed E-state index contributed by atoms with van der Waals surface area (Å²) in [5.74, 6) is 0.465. The molecule has 2 aromatic carbocycles. The Hall–Kier alpha value is -0.727. The van der Waals surface area contributed by atoms with E-state index in [1.165, 1.54) is 28.5 Å². The summed E-state index contributed by atoms with van der Waals surface area (Å²) < 4.78 is 18.1. The van der Waals surface area contributed by atoms with Crippen LogP contribution in [0.2, 0.25) is 0 Å². The molecule has 0 unspecified atom stereocenters. The molecule has 0 saturated carbocycles. The molecule has 0 spiro atoms. The molecule has 84 valence electrons. The van der Waals surface area contributed by atoms with Gasteiger partial charge in [-0.15, -0.1) is 12.1 Å². The summed E-state index contributed by atoms with van der Waals surface area (Å²) in [5, 5.41) is 0. The van der Waals surface area contributed by atoms with Gasteiger partial charge in [-0.05, 0) is 17.7 Å². The first-order valence-corrected chi connectivity index (χ1v) is 11.9. The van der Waals surface area contributed by atoms with Crippen LogP contribution >= 0.6 is 13.6 Å². The first kappa shape index (κ1) is 14.3. The van der Waals surface area contributed by atoms with E-state index < -0.39 is 0 Å². The maximum absolute atomic E-state index is 12.6. The molecule has 0 fully saturated rings. The third-order valence-corrected chi connectivity index (χ3v) is 1.99. The second-order valence-electron chi connectivity index (χ2n) is 3.14. The van der Waals surface area contributed by atoms with Crippen molar-refractivity contribution >= 4 is 13.6 Å². The molecule has 0 aliphatic carbocycles. The van der Waals surface area contributed by atoms with Crippen LogP contribution in [-0.2, 0) is 22.9 Å². The van der Waals surface area contributed by atoms with Crippen LogP contribution in [0.5, 0.6) is 5.75 Å². The molecular formula is C13H10BrFOZn. The summed E-state index contributed by atoms with van der Waals surface area (Å²) >= 11 is 4.25. The zero-order valence-corrected chi connectivity index (χ0v) is 13.8. The Balaban J connectivity index is 0.000000686. The standard InChI is InChI=1S/C13H10FO.BrH.Zn/c14-12-8-6-11(7-9-12)10-15-13-4-2-1-3-5-13;;/h1-4,6-9H,10H2;1H;/q-1;;+2/p-1. The van der Waals surface area contributed by atoms with Gasteiger partial charge in [0.05, 0.1) is 0 Å². The monoisotopic (exact) mass is 344 g/mol. The molecule has 0 aliphatic heterocycles. The number of benzene rings is 2. The van der Waals surface area contributed by atoms with Crippen LogP contribution in [0.4, 0.5) is 4.39 Å². The van der Waals surface area contributed by atoms with E-state index in [4.69, 9.17) is 4.74 Å². The predicted octanol–water partition coefficient (Wildman–Crippen LogP) is 4.05. The Labute approximate surface area is 117 Å². The molecule has 0 aliphatic rings. The topological polar surface area (TPSA) is 9.23 Å². The Morgan fingerprint density at radius 2 is 1.82 bits per heavy atom. The number of para-hydroxylation sites is 1. The quantitative estimate of drug-likeness (QED) is 0.602. The summed E-state index contributed by atoms with van der Waals surface area (Å²) in [6.07, 6.45) is 0. The molecule has 0 saturated heterocycles. The van der Waals surface area contributed by atoms with Gasteiger partial charge < -0.3 is 4.74 Å². The zero-order chi connectivity index (χ0) is 12.5. The van der Waals surface area contributed by atoms with Gasteiger partial charge in [-0.2, -0.15) is 18.2 Å². The minimum absolute atomic E-state index is 0.231. The Morgan fingerprint density at radius 3 is 2.41 bits per heavy atom. The van der Waals surface area contributed by atoms with Gasteiger partial charge in [-0.3, -0.25) is 0 Å². The summed E-state index contributed by atoms with van der Waals surface area (Å²) in [6.45, 7) is 0.431. The van der Waals surface area contributed by atoms with Crippen molar-refractivity contribution in [3.05, 3.63) is 66.0 Å². The van der Waals surface area contributed by atoms with Gasteiger partial charge in [0.2, 0.25) is 0 Å². The van der Waals surface area contributed by atoms with Crippen molar-refractivity contribution in [2.75, 3.05) is 0 Å². The second-order valence-corrected chi connectivity index (χ2v) is 3.14. The minimum atomic E-state index is -0.231. The van der Waals surface area contributed by atoms with Gasteiger partial charge in [-0.1, -0.05) is 12.1 Å². The predicted molar refractivity (Wildman–Crippen MR) is 64.9 cm³/mol. The van der Waals surface area contributed by atoms with Gasteiger partial charge >= 0.3 is 30.0 Å². The Kier molecular flexibility index (Phi) is 7.06. The van der Waals surface area contributed by atoms with E-state index >= 15 is 0 Å². The van der Waals surface area contributed by atoms with Crippen molar-refractivity contribution in [1.29, 1.82) is 0 Å². The molecule has 0 aromatic heterocycles. The van der Waals surface area contributed by atoms with Crippen LogP contribution in [0.1, 0.15) is 5.56 Å². The van der Waals surface area contributed by atoms with Gasteiger partial charge in [0.15, 0.2) is 0 Å². The molecule has 17 heavy (non-hydrogen) atoms. The first-order chi connectivity index (χ1) is 8.34. The fraction of sp³-hybridized carbons (Fsp3) is 0.0769. The third kappa shape index (κ3) is 5.42. The summed E-state index contributed by atoms with van der Waals surface area (Å²) in [5.41, 5.74) is 0.939. The average molecular weight is 347 g/mol. The average Bonchev–Trinajstić information content (AvgIpc) is 2.42. The number of hydrogen-bond donors (Lipinski definition) is 0. The number of ether oxygens (including phenoxy) is 1. The fourth-order valence-electron chi connectivity index (χ4n) is 1.21. The van der Waals surface area contributed by atoms with E-state index in [9.17, 15) is 4.39 Å². The second kappa shape index (κ2) is 8.38. The van der Waals surface area contributed by atoms with Crippen LogP contribution in [-0.4, -0.2) is 0 Å². The van der Waals surface area contributed by atoms with Crippen LogP contribution in [0.3, 0.4) is 0 Å². The van der Waals surface area contributed by atoms with E-state index in [1.54, 1.807) is 18.2 Å². The van der Waals surface area contributed by atoms with Gasteiger partial charge in [-0.25, -0.2) is 4.39 Å². The van der Waals surface area contributed by atoms with E-state index in [1.807, 2.05) is 18.2 Å². The van der Waals surface area contributed by atoms with Crippen LogP contribution < -0.4 is 4.74 Å². The molecule has 4 heteroatoms.